The Morgan fingerprint density at radius 3 is 2.87 bits per heavy atom. The van der Waals surface area contributed by atoms with E-state index < -0.39 is 0 Å². The summed E-state index contributed by atoms with van der Waals surface area (Å²) in [6.45, 7) is 0.630. The predicted molar refractivity (Wildman–Crippen MR) is 89.2 cm³/mol. The number of hydrogen-bond acceptors (Lipinski definition) is 2. The molecule has 2 unspecified atom stereocenters. The summed E-state index contributed by atoms with van der Waals surface area (Å²) in [7, 11) is 0. The van der Waals surface area contributed by atoms with Crippen molar-refractivity contribution in [3.8, 4) is 0 Å². The lowest BCUT2D eigenvalue weighted by Crippen LogP contribution is -2.28. The number of aromatic nitrogens is 2. The Morgan fingerprint density at radius 2 is 2.00 bits per heavy atom. The van der Waals surface area contributed by atoms with Gasteiger partial charge in [0.25, 0.3) is 0 Å². The highest BCUT2D eigenvalue weighted by molar-refractivity contribution is 5.82. The van der Waals surface area contributed by atoms with Gasteiger partial charge < -0.3 is 9.72 Å². The molecule has 1 aliphatic carbocycles. The summed E-state index contributed by atoms with van der Waals surface area (Å²) in [5, 5.41) is 3.06. The van der Waals surface area contributed by atoms with E-state index in [-0.39, 0.29) is 11.8 Å². The van der Waals surface area contributed by atoms with Gasteiger partial charge in [0, 0.05) is 25.1 Å². The molecular formula is C19H19N3O. The minimum Gasteiger partial charge on any atom is -0.355 e. The van der Waals surface area contributed by atoms with Crippen LogP contribution < -0.4 is 5.32 Å². The molecule has 0 aliphatic heterocycles. The molecule has 1 aliphatic rings. The van der Waals surface area contributed by atoms with E-state index in [1.165, 1.54) is 5.56 Å². The maximum Gasteiger partial charge on any atom is 0.223 e. The lowest BCUT2D eigenvalue weighted by Gasteiger charge is -2.05. The first-order chi connectivity index (χ1) is 11.3. The summed E-state index contributed by atoms with van der Waals surface area (Å²) < 4.78 is 2.07. The van der Waals surface area contributed by atoms with E-state index in [0.29, 0.717) is 12.5 Å². The summed E-state index contributed by atoms with van der Waals surface area (Å²) in [5.74, 6) is 1.67. The molecule has 4 heteroatoms. The van der Waals surface area contributed by atoms with Crippen LogP contribution in [0.1, 0.15) is 23.7 Å². The fourth-order valence-corrected chi connectivity index (χ4v) is 3.17. The van der Waals surface area contributed by atoms with Crippen molar-refractivity contribution in [3.05, 3.63) is 72.3 Å². The van der Waals surface area contributed by atoms with Crippen LogP contribution in [0.15, 0.2) is 60.9 Å². The van der Waals surface area contributed by atoms with Gasteiger partial charge in [-0.25, -0.2) is 4.98 Å². The number of carbonyl (C=O) groups excluding carboxylic acids is 1. The average molecular weight is 305 g/mol. The SMILES string of the molecule is O=C(NCCc1ncc2ccccn12)C1CC1c1ccccc1. The van der Waals surface area contributed by atoms with Crippen LogP contribution in [-0.4, -0.2) is 21.8 Å². The van der Waals surface area contributed by atoms with Gasteiger partial charge in [-0.3, -0.25) is 4.79 Å². The summed E-state index contributed by atoms with van der Waals surface area (Å²) in [6, 6.07) is 16.3. The van der Waals surface area contributed by atoms with Crippen molar-refractivity contribution in [1.82, 2.24) is 14.7 Å². The lowest BCUT2D eigenvalue weighted by molar-refractivity contribution is -0.122. The number of nitrogens with one attached hydrogen (secondary N) is 1. The van der Waals surface area contributed by atoms with Crippen LogP contribution in [0.25, 0.3) is 5.52 Å². The summed E-state index contributed by atoms with van der Waals surface area (Å²) in [5.41, 5.74) is 2.35. The first-order valence-corrected chi connectivity index (χ1v) is 8.06. The molecule has 4 rings (SSSR count). The molecule has 1 saturated carbocycles. The number of rotatable bonds is 5. The van der Waals surface area contributed by atoms with Crippen LogP contribution in [0, 0.1) is 5.92 Å². The third kappa shape index (κ3) is 2.84. The van der Waals surface area contributed by atoms with Crippen LogP contribution in [-0.2, 0) is 11.2 Å². The van der Waals surface area contributed by atoms with Crippen molar-refractivity contribution in [3.63, 3.8) is 0 Å². The molecule has 4 nitrogen and oxygen atoms in total. The molecule has 2 aromatic heterocycles. The Morgan fingerprint density at radius 1 is 1.17 bits per heavy atom. The number of nitrogens with zero attached hydrogens (tertiary/aromatic N) is 2. The highest BCUT2D eigenvalue weighted by Crippen LogP contribution is 2.47. The minimum absolute atomic E-state index is 0.134. The second-order valence-electron chi connectivity index (χ2n) is 6.07. The smallest absolute Gasteiger partial charge is 0.223 e. The van der Waals surface area contributed by atoms with E-state index in [0.717, 1.165) is 24.2 Å². The predicted octanol–water partition coefficient (Wildman–Crippen LogP) is 2.80. The molecule has 1 fully saturated rings. The fourth-order valence-electron chi connectivity index (χ4n) is 3.17. The highest BCUT2D eigenvalue weighted by atomic mass is 16.2. The van der Waals surface area contributed by atoms with Gasteiger partial charge in [0.15, 0.2) is 0 Å². The first kappa shape index (κ1) is 14.0. The van der Waals surface area contributed by atoms with Crippen LogP contribution in [0.3, 0.4) is 0 Å². The maximum absolute atomic E-state index is 12.2. The highest BCUT2D eigenvalue weighted by Gasteiger charge is 2.43. The molecule has 1 aromatic carbocycles. The second-order valence-corrected chi connectivity index (χ2v) is 6.07. The zero-order chi connectivity index (χ0) is 15.6. The minimum atomic E-state index is 0.134. The Kier molecular flexibility index (Phi) is 3.58. The van der Waals surface area contributed by atoms with Crippen molar-refractivity contribution >= 4 is 11.4 Å². The van der Waals surface area contributed by atoms with Crippen molar-refractivity contribution in [2.24, 2.45) is 5.92 Å². The number of benzene rings is 1. The maximum atomic E-state index is 12.2. The summed E-state index contributed by atoms with van der Waals surface area (Å²) in [6.07, 6.45) is 5.57. The quantitative estimate of drug-likeness (QED) is 0.788. The monoisotopic (exact) mass is 305 g/mol. The Labute approximate surface area is 135 Å². The van der Waals surface area contributed by atoms with Gasteiger partial charge in [-0.2, -0.15) is 0 Å². The molecule has 2 atom stereocenters. The number of carbonyl (C=O) groups is 1. The van der Waals surface area contributed by atoms with E-state index in [1.54, 1.807) is 0 Å². The topological polar surface area (TPSA) is 46.4 Å². The van der Waals surface area contributed by atoms with Gasteiger partial charge in [0.05, 0.1) is 11.7 Å². The number of fused-ring (bicyclic) bond motifs is 1. The molecule has 3 aromatic rings. The zero-order valence-corrected chi connectivity index (χ0v) is 12.9. The van der Waals surface area contributed by atoms with E-state index in [4.69, 9.17) is 0 Å². The second kappa shape index (κ2) is 5.88. The number of amides is 1. The lowest BCUT2D eigenvalue weighted by atomic mass is 10.1. The Hall–Kier alpha value is -2.62. The van der Waals surface area contributed by atoms with E-state index in [9.17, 15) is 4.79 Å². The van der Waals surface area contributed by atoms with Crippen LogP contribution in [0.5, 0.6) is 0 Å². The first-order valence-electron chi connectivity index (χ1n) is 8.06. The van der Waals surface area contributed by atoms with Crippen LogP contribution >= 0.6 is 0 Å². The summed E-state index contributed by atoms with van der Waals surface area (Å²) >= 11 is 0. The molecule has 2 heterocycles. The van der Waals surface area contributed by atoms with Gasteiger partial charge in [0.1, 0.15) is 5.82 Å². The van der Waals surface area contributed by atoms with E-state index in [1.807, 2.05) is 48.8 Å². The van der Waals surface area contributed by atoms with Gasteiger partial charge in [-0.05, 0) is 30.0 Å². The molecule has 1 N–H and O–H groups in total. The third-order valence-electron chi connectivity index (χ3n) is 4.52. The van der Waals surface area contributed by atoms with Crippen molar-refractivity contribution < 1.29 is 4.79 Å². The van der Waals surface area contributed by atoms with Crippen molar-refractivity contribution in [1.29, 1.82) is 0 Å². The Balaban J connectivity index is 1.31. The average Bonchev–Trinajstić information content (AvgIpc) is 3.31. The zero-order valence-electron chi connectivity index (χ0n) is 12.9. The normalized spacial score (nSPS) is 19.7. The van der Waals surface area contributed by atoms with Crippen molar-refractivity contribution in [2.45, 2.75) is 18.8 Å². The van der Waals surface area contributed by atoms with E-state index in [2.05, 4.69) is 26.8 Å². The molecule has 0 saturated heterocycles. The standard InChI is InChI=1S/C19H19N3O/c23-19(17-12-16(17)14-6-2-1-3-7-14)20-10-9-18-21-13-15-8-4-5-11-22(15)18/h1-8,11,13,16-17H,9-10,12H2,(H,20,23). The van der Waals surface area contributed by atoms with Gasteiger partial charge >= 0.3 is 0 Å². The van der Waals surface area contributed by atoms with Crippen molar-refractivity contribution in [2.75, 3.05) is 6.54 Å². The number of pyridine rings is 1. The van der Waals surface area contributed by atoms with Gasteiger partial charge in [0.2, 0.25) is 5.91 Å². The third-order valence-corrected chi connectivity index (χ3v) is 4.52. The molecule has 1 amide bonds. The van der Waals surface area contributed by atoms with Crippen LogP contribution in [0.2, 0.25) is 0 Å². The number of hydrogen-bond donors (Lipinski definition) is 1. The number of imidazole rings is 1. The molecule has 0 radical (unpaired) electrons. The van der Waals surface area contributed by atoms with Gasteiger partial charge in [-0.1, -0.05) is 36.4 Å². The molecule has 116 valence electrons. The van der Waals surface area contributed by atoms with Crippen LogP contribution in [0.4, 0.5) is 0 Å². The molecular weight excluding hydrogens is 286 g/mol. The molecule has 23 heavy (non-hydrogen) atoms. The largest absolute Gasteiger partial charge is 0.355 e. The van der Waals surface area contributed by atoms with Gasteiger partial charge in [-0.15, -0.1) is 0 Å². The molecule has 0 bridgehead atoms. The Bertz CT molecular complexity index is 825. The molecule has 0 spiro atoms. The fraction of sp³-hybridized carbons (Fsp3) is 0.263. The van der Waals surface area contributed by atoms with E-state index >= 15 is 0 Å². The summed E-state index contributed by atoms with van der Waals surface area (Å²) in [4.78, 5) is 16.7.